The lowest BCUT2D eigenvalue weighted by Gasteiger charge is -2.05. The molecule has 0 atom stereocenters. The van der Waals surface area contributed by atoms with Crippen molar-refractivity contribution in [3.63, 3.8) is 0 Å². The van der Waals surface area contributed by atoms with Gasteiger partial charge in [0.05, 0.1) is 6.61 Å². The van der Waals surface area contributed by atoms with E-state index in [2.05, 4.69) is 6.58 Å². The molecule has 0 saturated heterocycles. The van der Waals surface area contributed by atoms with Gasteiger partial charge < -0.3 is 4.74 Å². The van der Waals surface area contributed by atoms with Gasteiger partial charge in [-0.2, -0.15) is 0 Å². The predicted octanol–water partition coefficient (Wildman–Crippen LogP) is 2.87. The molecule has 0 amide bonds. The highest BCUT2D eigenvalue weighted by Gasteiger charge is 2.00. The molecule has 0 radical (unpaired) electrons. The first-order valence-electron chi connectivity index (χ1n) is 3.82. The van der Waals surface area contributed by atoms with Crippen molar-refractivity contribution in [3.8, 4) is 5.75 Å². The summed E-state index contributed by atoms with van der Waals surface area (Å²) in [4.78, 5) is 0. The van der Waals surface area contributed by atoms with Crippen LogP contribution in [0.5, 0.6) is 5.75 Å². The fourth-order valence-electron chi connectivity index (χ4n) is 0.966. The van der Waals surface area contributed by atoms with Crippen LogP contribution in [-0.4, -0.2) is 6.61 Å². The molecule has 0 unspecified atom stereocenters. The number of benzene rings is 1. The van der Waals surface area contributed by atoms with Crippen molar-refractivity contribution in [3.05, 3.63) is 36.2 Å². The lowest BCUT2D eigenvalue weighted by atomic mass is 10.2. The second kappa shape index (κ2) is 3.90. The summed E-state index contributed by atoms with van der Waals surface area (Å²) in [5, 5.41) is 0. The van der Waals surface area contributed by atoms with E-state index in [0.717, 1.165) is 0 Å². The van der Waals surface area contributed by atoms with Crippen LogP contribution in [0.25, 0.3) is 6.08 Å². The molecule has 0 aliphatic heterocycles. The van der Waals surface area contributed by atoms with Gasteiger partial charge >= 0.3 is 0 Å². The van der Waals surface area contributed by atoms with Gasteiger partial charge in [0.2, 0.25) is 0 Å². The Hall–Kier alpha value is -1.31. The maximum absolute atomic E-state index is 12.7. The van der Waals surface area contributed by atoms with E-state index < -0.39 is 0 Å². The maximum Gasteiger partial charge on any atom is 0.126 e. The summed E-state index contributed by atoms with van der Waals surface area (Å²) in [5.41, 5.74) is 0.692. The predicted molar refractivity (Wildman–Crippen MR) is 47.7 cm³/mol. The first kappa shape index (κ1) is 8.78. The Morgan fingerprint density at radius 3 is 2.92 bits per heavy atom. The summed E-state index contributed by atoms with van der Waals surface area (Å²) >= 11 is 0. The number of ether oxygens (including phenoxy) is 1. The summed E-state index contributed by atoms with van der Waals surface area (Å²) in [6.07, 6.45) is 1.58. The first-order valence-corrected chi connectivity index (χ1v) is 3.82. The zero-order chi connectivity index (χ0) is 8.97. The summed E-state index contributed by atoms with van der Waals surface area (Å²) in [6.45, 7) is 6.03. The molecule has 0 N–H and O–H groups in total. The molecular weight excluding hydrogens is 155 g/mol. The Bertz CT molecular complexity index is 281. The molecule has 1 aromatic carbocycles. The van der Waals surface area contributed by atoms with Crippen molar-refractivity contribution in [2.75, 3.05) is 6.61 Å². The lowest BCUT2D eigenvalue weighted by Crippen LogP contribution is -1.93. The van der Waals surface area contributed by atoms with Crippen molar-refractivity contribution >= 4 is 6.08 Å². The van der Waals surface area contributed by atoms with Crippen LogP contribution >= 0.6 is 0 Å². The van der Waals surface area contributed by atoms with Crippen LogP contribution in [0.1, 0.15) is 12.5 Å². The van der Waals surface area contributed by atoms with Crippen LogP contribution in [0, 0.1) is 5.82 Å². The number of hydrogen-bond acceptors (Lipinski definition) is 1. The fourth-order valence-corrected chi connectivity index (χ4v) is 0.966. The van der Waals surface area contributed by atoms with Gasteiger partial charge in [0.15, 0.2) is 0 Å². The zero-order valence-electron chi connectivity index (χ0n) is 7.01. The highest BCUT2D eigenvalue weighted by atomic mass is 19.1. The molecule has 0 fully saturated rings. The smallest absolute Gasteiger partial charge is 0.126 e. The molecule has 0 saturated carbocycles. The van der Waals surface area contributed by atoms with E-state index >= 15 is 0 Å². The Morgan fingerprint density at radius 2 is 2.33 bits per heavy atom. The highest BCUT2D eigenvalue weighted by Crippen LogP contribution is 2.20. The monoisotopic (exact) mass is 166 g/mol. The molecule has 0 heterocycles. The number of rotatable bonds is 3. The van der Waals surface area contributed by atoms with Crippen molar-refractivity contribution in [2.24, 2.45) is 0 Å². The van der Waals surface area contributed by atoms with E-state index in [4.69, 9.17) is 4.74 Å². The van der Waals surface area contributed by atoms with E-state index in [0.29, 0.717) is 17.9 Å². The van der Waals surface area contributed by atoms with Crippen LogP contribution < -0.4 is 4.74 Å². The average molecular weight is 166 g/mol. The van der Waals surface area contributed by atoms with Gasteiger partial charge in [0.25, 0.3) is 0 Å². The molecule has 1 rings (SSSR count). The second-order valence-electron chi connectivity index (χ2n) is 2.32. The molecular formula is C10H11FO. The zero-order valence-corrected chi connectivity index (χ0v) is 7.01. The third kappa shape index (κ3) is 1.84. The summed E-state index contributed by atoms with van der Waals surface area (Å²) in [7, 11) is 0. The van der Waals surface area contributed by atoms with E-state index in [-0.39, 0.29) is 5.82 Å². The molecule has 0 bridgehead atoms. The maximum atomic E-state index is 12.7. The molecule has 0 spiro atoms. The van der Waals surface area contributed by atoms with Crippen LogP contribution in [-0.2, 0) is 0 Å². The average Bonchev–Trinajstić information content (AvgIpc) is 2.08. The minimum Gasteiger partial charge on any atom is -0.493 e. The minimum atomic E-state index is -0.270. The van der Waals surface area contributed by atoms with Gasteiger partial charge in [-0.3, -0.25) is 0 Å². The topological polar surface area (TPSA) is 9.23 Å². The van der Waals surface area contributed by atoms with Gasteiger partial charge in [-0.1, -0.05) is 12.7 Å². The summed E-state index contributed by atoms with van der Waals surface area (Å²) < 4.78 is 17.9. The second-order valence-corrected chi connectivity index (χ2v) is 2.32. The fraction of sp³-hybridized carbons (Fsp3) is 0.200. The van der Waals surface area contributed by atoms with E-state index in [1.165, 1.54) is 12.1 Å². The van der Waals surface area contributed by atoms with Crippen molar-refractivity contribution in [1.82, 2.24) is 0 Å². The Balaban J connectivity index is 3.02. The molecule has 12 heavy (non-hydrogen) atoms. The molecule has 0 aliphatic carbocycles. The normalized spacial score (nSPS) is 9.50. The minimum absolute atomic E-state index is 0.270. The van der Waals surface area contributed by atoms with E-state index in [9.17, 15) is 4.39 Å². The molecule has 2 heteroatoms. The Labute approximate surface area is 71.5 Å². The van der Waals surface area contributed by atoms with Crippen molar-refractivity contribution in [2.45, 2.75) is 6.92 Å². The molecule has 1 aromatic rings. The lowest BCUT2D eigenvalue weighted by molar-refractivity contribution is 0.339. The van der Waals surface area contributed by atoms with Gasteiger partial charge in [-0.25, -0.2) is 4.39 Å². The molecule has 0 aliphatic rings. The quantitative estimate of drug-likeness (QED) is 0.670. The van der Waals surface area contributed by atoms with Gasteiger partial charge in [0.1, 0.15) is 11.6 Å². The Morgan fingerprint density at radius 1 is 1.58 bits per heavy atom. The van der Waals surface area contributed by atoms with Crippen LogP contribution in [0.4, 0.5) is 4.39 Å². The van der Waals surface area contributed by atoms with Crippen molar-refractivity contribution in [1.29, 1.82) is 0 Å². The van der Waals surface area contributed by atoms with Crippen LogP contribution in [0.15, 0.2) is 24.8 Å². The standard InChI is InChI=1S/C10H11FO/c1-3-8-7-9(11)5-6-10(8)12-4-2/h3,5-7H,1,4H2,2H3. The number of halogens is 1. The SMILES string of the molecule is C=Cc1cc(F)ccc1OCC. The molecule has 0 aromatic heterocycles. The molecule has 1 nitrogen and oxygen atoms in total. The summed E-state index contributed by atoms with van der Waals surface area (Å²) in [6, 6.07) is 4.38. The molecule has 64 valence electrons. The third-order valence-electron chi connectivity index (χ3n) is 1.49. The van der Waals surface area contributed by atoms with Gasteiger partial charge in [-0.15, -0.1) is 0 Å². The van der Waals surface area contributed by atoms with Gasteiger partial charge in [0, 0.05) is 5.56 Å². The van der Waals surface area contributed by atoms with Crippen molar-refractivity contribution < 1.29 is 9.13 Å². The third-order valence-corrected chi connectivity index (χ3v) is 1.49. The largest absolute Gasteiger partial charge is 0.493 e. The number of hydrogen-bond donors (Lipinski definition) is 0. The van der Waals surface area contributed by atoms with Gasteiger partial charge in [-0.05, 0) is 25.1 Å². The summed E-state index contributed by atoms with van der Waals surface area (Å²) in [5.74, 6) is 0.405. The van der Waals surface area contributed by atoms with E-state index in [1.807, 2.05) is 6.92 Å². The van der Waals surface area contributed by atoms with Crippen LogP contribution in [0.2, 0.25) is 0 Å². The highest BCUT2D eigenvalue weighted by molar-refractivity contribution is 5.55. The van der Waals surface area contributed by atoms with Crippen LogP contribution in [0.3, 0.4) is 0 Å². The van der Waals surface area contributed by atoms with E-state index in [1.54, 1.807) is 12.1 Å². The Kier molecular flexibility index (Phi) is 2.86. The first-order chi connectivity index (χ1) is 5.77.